The van der Waals surface area contributed by atoms with Crippen LogP contribution in [-0.2, 0) is 11.2 Å². The number of benzene rings is 1. The third-order valence-electron chi connectivity index (χ3n) is 4.57. The molecule has 0 spiro atoms. The van der Waals surface area contributed by atoms with E-state index in [9.17, 15) is 9.59 Å². The van der Waals surface area contributed by atoms with Crippen molar-refractivity contribution in [2.45, 2.75) is 39.7 Å². The van der Waals surface area contributed by atoms with Crippen molar-refractivity contribution in [3.8, 4) is 5.82 Å². The lowest BCUT2D eigenvalue weighted by Gasteiger charge is -2.15. The van der Waals surface area contributed by atoms with Gasteiger partial charge in [-0.1, -0.05) is 30.3 Å². The summed E-state index contributed by atoms with van der Waals surface area (Å²) in [7, 11) is 0. The number of hydrogen-bond donors (Lipinski definition) is 1. The Bertz CT molecular complexity index is 1010. The third-order valence-corrected chi connectivity index (χ3v) is 4.57. The fourth-order valence-corrected chi connectivity index (χ4v) is 3.07. The van der Waals surface area contributed by atoms with Crippen LogP contribution in [-0.4, -0.2) is 32.0 Å². The molecule has 0 aliphatic heterocycles. The lowest BCUT2D eigenvalue weighted by molar-refractivity contribution is -0.124. The molecular formula is C21H25N5O2. The predicted octanol–water partition coefficient (Wildman–Crippen LogP) is 2.36. The Hall–Kier alpha value is -3.22. The highest BCUT2D eigenvalue weighted by Gasteiger charge is 2.18. The van der Waals surface area contributed by atoms with Gasteiger partial charge in [-0.05, 0) is 51.3 Å². The molecule has 1 amide bonds. The van der Waals surface area contributed by atoms with Gasteiger partial charge in [-0.3, -0.25) is 9.59 Å². The molecule has 1 aromatic carbocycles. The van der Waals surface area contributed by atoms with Crippen LogP contribution in [0.5, 0.6) is 0 Å². The van der Waals surface area contributed by atoms with Crippen molar-refractivity contribution >= 4 is 5.91 Å². The Morgan fingerprint density at radius 2 is 1.86 bits per heavy atom. The molecule has 0 aliphatic carbocycles. The van der Waals surface area contributed by atoms with Crippen LogP contribution in [0.2, 0.25) is 0 Å². The predicted molar refractivity (Wildman–Crippen MR) is 108 cm³/mol. The first-order chi connectivity index (χ1) is 13.5. The standard InChI is InChI=1S/C21H25N5O2/c1-15-14-16(2)25(23-15)19-11-12-20(27)26(24-19)17(3)21(28)22-13-7-10-18-8-5-4-6-9-18/h4-6,8-9,11-12,14,17H,7,10,13H2,1-3H3,(H,22,28). The van der Waals surface area contributed by atoms with Crippen LogP contribution < -0.4 is 10.9 Å². The zero-order valence-electron chi connectivity index (χ0n) is 16.4. The smallest absolute Gasteiger partial charge is 0.267 e. The quantitative estimate of drug-likeness (QED) is 0.639. The number of hydrogen-bond acceptors (Lipinski definition) is 4. The average Bonchev–Trinajstić information content (AvgIpc) is 3.04. The molecule has 146 valence electrons. The first-order valence-corrected chi connectivity index (χ1v) is 9.41. The maximum Gasteiger partial charge on any atom is 0.267 e. The summed E-state index contributed by atoms with van der Waals surface area (Å²) < 4.78 is 2.87. The van der Waals surface area contributed by atoms with E-state index in [-0.39, 0.29) is 11.5 Å². The highest BCUT2D eigenvalue weighted by molar-refractivity contribution is 5.79. The molecule has 3 rings (SSSR count). The summed E-state index contributed by atoms with van der Waals surface area (Å²) in [6, 6.07) is 14.4. The number of nitrogens with one attached hydrogen (secondary N) is 1. The van der Waals surface area contributed by atoms with Gasteiger partial charge >= 0.3 is 0 Å². The molecule has 7 nitrogen and oxygen atoms in total. The molecule has 0 aliphatic rings. The minimum atomic E-state index is -0.707. The van der Waals surface area contributed by atoms with Crippen LogP contribution in [0.1, 0.15) is 36.3 Å². The van der Waals surface area contributed by atoms with Crippen molar-refractivity contribution in [1.82, 2.24) is 24.9 Å². The Kier molecular flexibility index (Phi) is 6.03. The van der Waals surface area contributed by atoms with E-state index in [0.29, 0.717) is 12.4 Å². The van der Waals surface area contributed by atoms with E-state index in [2.05, 4.69) is 27.6 Å². The van der Waals surface area contributed by atoms with Crippen molar-refractivity contribution in [2.24, 2.45) is 0 Å². The average molecular weight is 379 g/mol. The number of carbonyl (C=O) groups excluding carboxylic acids is 1. The largest absolute Gasteiger partial charge is 0.354 e. The van der Waals surface area contributed by atoms with Gasteiger partial charge in [-0.2, -0.15) is 5.10 Å². The maximum atomic E-state index is 12.5. The van der Waals surface area contributed by atoms with E-state index in [1.807, 2.05) is 38.1 Å². The summed E-state index contributed by atoms with van der Waals surface area (Å²) in [6.07, 6.45) is 1.72. The fourth-order valence-electron chi connectivity index (χ4n) is 3.07. The van der Waals surface area contributed by atoms with Crippen LogP contribution in [0.15, 0.2) is 53.3 Å². The molecule has 0 fully saturated rings. The van der Waals surface area contributed by atoms with E-state index in [1.54, 1.807) is 17.7 Å². The van der Waals surface area contributed by atoms with Gasteiger partial charge < -0.3 is 5.32 Å². The van der Waals surface area contributed by atoms with Crippen molar-refractivity contribution < 1.29 is 4.79 Å². The molecule has 1 N–H and O–H groups in total. The molecule has 7 heteroatoms. The molecule has 3 aromatic rings. The Labute approximate surface area is 164 Å². The molecule has 0 bridgehead atoms. The molecule has 2 aromatic heterocycles. The van der Waals surface area contributed by atoms with Crippen LogP contribution in [0, 0.1) is 13.8 Å². The molecule has 0 saturated heterocycles. The van der Waals surface area contributed by atoms with Gasteiger partial charge in [0, 0.05) is 18.3 Å². The van der Waals surface area contributed by atoms with Gasteiger partial charge in [0.1, 0.15) is 6.04 Å². The molecule has 1 atom stereocenters. The molecular weight excluding hydrogens is 354 g/mol. The minimum Gasteiger partial charge on any atom is -0.354 e. The maximum absolute atomic E-state index is 12.5. The first-order valence-electron chi connectivity index (χ1n) is 9.41. The zero-order chi connectivity index (χ0) is 20.1. The Morgan fingerprint density at radius 1 is 1.11 bits per heavy atom. The number of rotatable bonds is 7. The van der Waals surface area contributed by atoms with E-state index in [1.165, 1.54) is 16.3 Å². The fraction of sp³-hybridized carbons (Fsp3) is 0.333. The SMILES string of the molecule is Cc1cc(C)n(-c2ccc(=O)n(C(C)C(=O)NCCCc3ccccc3)n2)n1. The molecule has 0 saturated carbocycles. The summed E-state index contributed by atoms with van der Waals surface area (Å²) in [4.78, 5) is 24.7. The summed E-state index contributed by atoms with van der Waals surface area (Å²) in [6.45, 7) is 6.03. The highest BCUT2D eigenvalue weighted by atomic mass is 16.2. The van der Waals surface area contributed by atoms with Crippen LogP contribution >= 0.6 is 0 Å². The first kappa shape index (κ1) is 19.5. The molecule has 28 heavy (non-hydrogen) atoms. The molecule has 1 unspecified atom stereocenters. The summed E-state index contributed by atoms with van der Waals surface area (Å²) in [5, 5.41) is 11.6. The van der Waals surface area contributed by atoms with Crippen LogP contribution in [0.25, 0.3) is 5.82 Å². The number of carbonyl (C=O) groups is 1. The van der Waals surface area contributed by atoms with Gasteiger partial charge in [0.25, 0.3) is 5.56 Å². The number of amides is 1. The van der Waals surface area contributed by atoms with Crippen LogP contribution in [0.4, 0.5) is 0 Å². The number of aromatic nitrogens is 4. The minimum absolute atomic E-state index is 0.229. The lowest BCUT2D eigenvalue weighted by Crippen LogP contribution is -2.37. The van der Waals surface area contributed by atoms with Crippen LogP contribution in [0.3, 0.4) is 0 Å². The van der Waals surface area contributed by atoms with Gasteiger partial charge in [-0.15, -0.1) is 5.10 Å². The van der Waals surface area contributed by atoms with Crippen molar-refractivity contribution in [1.29, 1.82) is 0 Å². The topological polar surface area (TPSA) is 81.8 Å². The van der Waals surface area contributed by atoms with Gasteiger partial charge in [0.05, 0.1) is 5.69 Å². The summed E-state index contributed by atoms with van der Waals surface area (Å²) in [5.41, 5.74) is 2.69. The van der Waals surface area contributed by atoms with E-state index in [4.69, 9.17) is 0 Å². The zero-order valence-corrected chi connectivity index (χ0v) is 16.4. The number of aryl methyl sites for hydroxylation is 3. The Morgan fingerprint density at radius 3 is 2.54 bits per heavy atom. The van der Waals surface area contributed by atoms with E-state index in [0.717, 1.165) is 24.2 Å². The van der Waals surface area contributed by atoms with Gasteiger partial charge in [0.2, 0.25) is 5.91 Å². The highest BCUT2D eigenvalue weighted by Crippen LogP contribution is 2.09. The monoisotopic (exact) mass is 379 g/mol. The van der Waals surface area contributed by atoms with Crippen molar-refractivity contribution in [3.63, 3.8) is 0 Å². The molecule has 0 radical (unpaired) electrons. The number of nitrogens with zero attached hydrogens (tertiary/aromatic N) is 4. The second-order valence-corrected chi connectivity index (χ2v) is 6.87. The van der Waals surface area contributed by atoms with Gasteiger partial charge in [0.15, 0.2) is 5.82 Å². The molecule has 2 heterocycles. The second kappa shape index (κ2) is 8.65. The lowest BCUT2D eigenvalue weighted by atomic mass is 10.1. The third kappa shape index (κ3) is 4.54. The Balaban J connectivity index is 1.65. The summed E-state index contributed by atoms with van der Waals surface area (Å²) in [5.74, 6) is 0.280. The van der Waals surface area contributed by atoms with E-state index >= 15 is 0 Å². The normalized spacial score (nSPS) is 12.0. The summed E-state index contributed by atoms with van der Waals surface area (Å²) >= 11 is 0. The van der Waals surface area contributed by atoms with Gasteiger partial charge in [-0.25, -0.2) is 9.36 Å². The van der Waals surface area contributed by atoms with Crippen molar-refractivity contribution in [3.05, 3.63) is 75.8 Å². The second-order valence-electron chi connectivity index (χ2n) is 6.87. The van der Waals surface area contributed by atoms with E-state index < -0.39 is 6.04 Å². The van der Waals surface area contributed by atoms with Crippen molar-refractivity contribution in [2.75, 3.05) is 6.54 Å².